The van der Waals surface area contributed by atoms with E-state index in [0.29, 0.717) is 19.5 Å². The monoisotopic (exact) mass is 296 g/mol. The predicted octanol–water partition coefficient (Wildman–Crippen LogP) is 0.799. The molecular formula is C15H24N2O4. The third kappa shape index (κ3) is 3.54. The molecule has 0 bridgehead atoms. The number of ether oxygens (including phenoxy) is 1. The first-order valence-electron chi connectivity index (χ1n) is 7.68. The molecule has 6 heteroatoms. The van der Waals surface area contributed by atoms with Gasteiger partial charge in [-0.15, -0.1) is 0 Å². The zero-order valence-corrected chi connectivity index (χ0v) is 12.8. The molecule has 0 saturated carbocycles. The van der Waals surface area contributed by atoms with Crippen molar-refractivity contribution in [3.05, 3.63) is 0 Å². The van der Waals surface area contributed by atoms with Gasteiger partial charge in [-0.2, -0.15) is 0 Å². The smallest absolute Gasteiger partial charge is 0.328 e. The third-order valence-corrected chi connectivity index (χ3v) is 4.48. The molecule has 6 nitrogen and oxygen atoms in total. The van der Waals surface area contributed by atoms with E-state index in [4.69, 9.17) is 4.74 Å². The van der Waals surface area contributed by atoms with Crippen molar-refractivity contribution in [2.75, 3.05) is 26.7 Å². The average Bonchev–Trinajstić information content (AvgIpc) is 2.53. The maximum atomic E-state index is 12.7. The number of hydrogen-bond acceptors (Lipinski definition) is 4. The van der Waals surface area contributed by atoms with Gasteiger partial charge in [-0.25, -0.2) is 4.79 Å². The van der Waals surface area contributed by atoms with E-state index in [2.05, 4.69) is 0 Å². The molecule has 2 amide bonds. The summed E-state index contributed by atoms with van der Waals surface area (Å²) in [6.45, 7) is 3.33. The van der Waals surface area contributed by atoms with Crippen LogP contribution in [0.4, 0.5) is 0 Å². The Morgan fingerprint density at radius 1 is 1.05 bits per heavy atom. The molecule has 0 aromatic carbocycles. The summed E-state index contributed by atoms with van der Waals surface area (Å²) in [6.07, 6.45) is 4.15. The summed E-state index contributed by atoms with van der Waals surface area (Å²) < 4.78 is 4.82. The van der Waals surface area contributed by atoms with E-state index < -0.39 is 6.04 Å². The fourth-order valence-corrected chi connectivity index (χ4v) is 3.28. The number of piperidine rings is 2. The van der Waals surface area contributed by atoms with Crippen LogP contribution in [0.3, 0.4) is 0 Å². The largest absolute Gasteiger partial charge is 0.467 e. The maximum absolute atomic E-state index is 12.7. The van der Waals surface area contributed by atoms with E-state index in [-0.39, 0.29) is 23.7 Å². The Balaban J connectivity index is 2.06. The molecule has 0 aromatic heterocycles. The van der Waals surface area contributed by atoms with E-state index in [1.54, 1.807) is 9.80 Å². The van der Waals surface area contributed by atoms with Crippen molar-refractivity contribution in [2.45, 2.75) is 45.1 Å². The highest BCUT2D eigenvalue weighted by atomic mass is 16.5. The minimum atomic E-state index is -0.455. The van der Waals surface area contributed by atoms with E-state index in [0.717, 1.165) is 32.2 Å². The highest BCUT2D eigenvalue weighted by Gasteiger charge is 2.37. The second kappa shape index (κ2) is 6.91. The van der Waals surface area contributed by atoms with Gasteiger partial charge >= 0.3 is 5.97 Å². The molecule has 0 spiro atoms. The first-order chi connectivity index (χ1) is 10.0. The number of methoxy groups -OCH3 is 1. The molecule has 118 valence electrons. The lowest BCUT2D eigenvalue weighted by atomic mass is 9.93. The van der Waals surface area contributed by atoms with E-state index in [9.17, 15) is 14.4 Å². The van der Waals surface area contributed by atoms with Crippen LogP contribution in [0.2, 0.25) is 0 Å². The highest BCUT2D eigenvalue weighted by molar-refractivity contribution is 5.86. The second-order valence-electron chi connectivity index (χ2n) is 5.87. The number of carbonyl (C=O) groups is 3. The molecule has 2 aliphatic heterocycles. The molecule has 2 rings (SSSR count). The van der Waals surface area contributed by atoms with Gasteiger partial charge in [-0.05, 0) is 32.1 Å². The summed E-state index contributed by atoms with van der Waals surface area (Å²) >= 11 is 0. The third-order valence-electron chi connectivity index (χ3n) is 4.48. The Kier molecular flexibility index (Phi) is 5.20. The fraction of sp³-hybridized carbons (Fsp3) is 0.800. The van der Waals surface area contributed by atoms with Gasteiger partial charge in [0.05, 0.1) is 13.0 Å². The quantitative estimate of drug-likeness (QED) is 0.707. The molecular weight excluding hydrogens is 272 g/mol. The second-order valence-corrected chi connectivity index (χ2v) is 5.87. The van der Waals surface area contributed by atoms with Gasteiger partial charge in [0.15, 0.2) is 0 Å². The van der Waals surface area contributed by atoms with Gasteiger partial charge in [0.25, 0.3) is 0 Å². The Morgan fingerprint density at radius 2 is 1.81 bits per heavy atom. The molecule has 1 unspecified atom stereocenters. The van der Waals surface area contributed by atoms with Gasteiger partial charge in [-0.3, -0.25) is 9.59 Å². The van der Waals surface area contributed by atoms with Crippen LogP contribution in [0.1, 0.15) is 39.0 Å². The van der Waals surface area contributed by atoms with Crippen molar-refractivity contribution in [3.63, 3.8) is 0 Å². The molecule has 2 atom stereocenters. The number of likely N-dealkylation sites (tertiary alicyclic amines) is 2. The van der Waals surface area contributed by atoms with Crippen molar-refractivity contribution < 1.29 is 19.1 Å². The maximum Gasteiger partial charge on any atom is 0.328 e. The minimum Gasteiger partial charge on any atom is -0.467 e. The molecule has 2 fully saturated rings. The van der Waals surface area contributed by atoms with Crippen molar-refractivity contribution in [1.82, 2.24) is 9.80 Å². The van der Waals surface area contributed by atoms with Crippen LogP contribution < -0.4 is 0 Å². The molecule has 2 saturated heterocycles. The van der Waals surface area contributed by atoms with E-state index in [1.807, 2.05) is 0 Å². The van der Waals surface area contributed by atoms with Gasteiger partial charge in [-0.1, -0.05) is 0 Å². The number of amides is 2. The molecule has 2 aliphatic rings. The zero-order valence-electron chi connectivity index (χ0n) is 12.8. The summed E-state index contributed by atoms with van der Waals surface area (Å²) in [5.74, 6) is -0.512. The standard InChI is InChI=1S/C15H24N2O4/c1-11(18)16-8-5-6-12(10-16)14(19)17-9-4-3-7-13(17)15(20)21-2/h12-13H,3-10H2,1-2H3/t12?,13-/m1/s1. The number of rotatable bonds is 2. The van der Waals surface area contributed by atoms with E-state index >= 15 is 0 Å². The average molecular weight is 296 g/mol. The first-order valence-corrected chi connectivity index (χ1v) is 7.68. The van der Waals surface area contributed by atoms with Gasteiger partial charge in [0.2, 0.25) is 11.8 Å². The molecule has 2 heterocycles. The van der Waals surface area contributed by atoms with Gasteiger partial charge in [0.1, 0.15) is 6.04 Å². The van der Waals surface area contributed by atoms with Crippen LogP contribution in [0, 0.1) is 5.92 Å². The summed E-state index contributed by atoms with van der Waals surface area (Å²) in [5, 5.41) is 0. The fourth-order valence-electron chi connectivity index (χ4n) is 3.28. The first kappa shape index (κ1) is 15.8. The molecule has 21 heavy (non-hydrogen) atoms. The van der Waals surface area contributed by atoms with Crippen LogP contribution in [0.15, 0.2) is 0 Å². The normalized spacial score (nSPS) is 26.4. The van der Waals surface area contributed by atoms with Crippen molar-refractivity contribution in [3.8, 4) is 0 Å². The van der Waals surface area contributed by atoms with E-state index in [1.165, 1.54) is 14.0 Å². The van der Waals surface area contributed by atoms with Crippen LogP contribution >= 0.6 is 0 Å². The lowest BCUT2D eigenvalue weighted by molar-refractivity contribution is -0.157. The lowest BCUT2D eigenvalue weighted by Crippen LogP contribution is -2.53. The van der Waals surface area contributed by atoms with Crippen molar-refractivity contribution >= 4 is 17.8 Å². The highest BCUT2D eigenvalue weighted by Crippen LogP contribution is 2.24. The Bertz CT molecular complexity index is 424. The van der Waals surface area contributed by atoms with Crippen LogP contribution in [-0.2, 0) is 19.1 Å². The van der Waals surface area contributed by atoms with Gasteiger partial charge in [0, 0.05) is 26.6 Å². The topological polar surface area (TPSA) is 66.9 Å². The zero-order chi connectivity index (χ0) is 15.4. The number of nitrogens with zero attached hydrogens (tertiary/aromatic N) is 2. The summed E-state index contributed by atoms with van der Waals surface area (Å²) in [5.41, 5.74) is 0. The number of esters is 1. The molecule has 0 aromatic rings. The summed E-state index contributed by atoms with van der Waals surface area (Å²) in [6, 6.07) is -0.455. The minimum absolute atomic E-state index is 0.00366. The Hall–Kier alpha value is -1.59. The van der Waals surface area contributed by atoms with Crippen LogP contribution in [0.5, 0.6) is 0 Å². The molecule has 0 N–H and O–H groups in total. The van der Waals surface area contributed by atoms with Gasteiger partial charge < -0.3 is 14.5 Å². The Labute approximate surface area is 125 Å². The van der Waals surface area contributed by atoms with Crippen molar-refractivity contribution in [1.29, 1.82) is 0 Å². The van der Waals surface area contributed by atoms with Crippen LogP contribution in [-0.4, -0.2) is 60.4 Å². The number of carbonyl (C=O) groups excluding carboxylic acids is 3. The molecule has 0 aliphatic carbocycles. The van der Waals surface area contributed by atoms with Crippen LogP contribution in [0.25, 0.3) is 0 Å². The lowest BCUT2D eigenvalue weighted by Gasteiger charge is -2.39. The summed E-state index contributed by atoms with van der Waals surface area (Å²) in [4.78, 5) is 39.5. The SMILES string of the molecule is COC(=O)[C@H]1CCCCN1C(=O)C1CCCN(C(C)=O)C1. The van der Waals surface area contributed by atoms with Crippen molar-refractivity contribution in [2.24, 2.45) is 5.92 Å². The molecule has 0 radical (unpaired) electrons. The predicted molar refractivity (Wildman–Crippen MR) is 76.3 cm³/mol. The summed E-state index contributed by atoms with van der Waals surface area (Å²) in [7, 11) is 1.36. The number of hydrogen-bond donors (Lipinski definition) is 0. The Morgan fingerprint density at radius 3 is 2.48 bits per heavy atom.